The molecule has 1 aliphatic heterocycles. The lowest BCUT2D eigenvalue weighted by molar-refractivity contribution is 0.0786. The number of benzene rings is 1. The summed E-state index contributed by atoms with van der Waals surface area (Å²) in [5, 5.41) is 8.69. The third kappa shape index (κ3) is 4.34. The Hall–Kier alpha value is -1.79. The van der Waals surface area contributed by atoms with E-state index < -0.39 is 0 Å². The van der Waals surface area contributed by atoms with E-state index in [9.17, 15) is 4.79 Å². The Kier molecular flexibility index (Phi) is 5.83. The molecule has 1 amide bonds. The van der Waals surface area contributed by atoms with Crippen LogP contribution >= 0.6 is 0 Å². The van der Waals surface area contributed by atoms with Crippen molar-refractivity contribution in [2.75, 3.05) is 19.7 Å². The first-order valence-corrected chi connectivity index (χ1v) is 7.73. The first kappa shape index (κ1) is 15.6. The highest BCUT2D eigenvalue weighted by molar-refractivity contribution is 5.94. The van der Waals surface area contributed by atoms with Crippen LogP contribution in [0.1, 0.15) is 48.5 Å². The molecule has 0 aliphatic carbocycles. The van der Waals surface area contributed by atoms with Crippen LogP contribution in [0.2, 0.25) is 0 Å². The van der Waals surface area contributed by atoms with E-state index in [2.05, 4.69) is 18.8 Å². The molecule has 2 rings (SSSR count). The second-order valence-corrected chi connectivity index (χ2v) is 5.55. The topological polar surface area (TPSA) is 40.5 Å². The van der Waals surface area contributed by atoms with Crippen molar-refractivity contribution in [1.82, 2.24) is 4.90 Å². The standard InChI is InChI=1S/C18H23NO2/c1-2-5-16-11-12-19(14-16)18(21)17-9-7-15(8-10-17)6-3-4-13-20/h7-10,16,20H,2,4-5,11-14H2,1H3. The molecule has 0 saturated carbocycles. The summed E-state index contributed by atoms with van der Waals surface area (Å²) in [5.74, 6) is 6.65. The first-order valence-electron chi connectivity index (χ1n) is 7.73. The highest BCUT2D eigenvalue weighted by Crippen LogP contribution is 2.22. The van der Waals surface area contributed by atoms with Crippen LogP contribution in [0.5, 0.6) is 0 Å². The lowest BCUT2D eigenvalue weighted by atomic mass is 10.0. The van der Waals surface area contributed by atoms with Crippen molar-refractivity contribution >= 4 is 5.91 Å². The van der Waals surface area contributed by atoms with Gasteiger partial charge in [0.25, 0.3) is 5.91 Å². The van der Waals surface area contributed by atoms with Crippen molar-refractivity contribution in [1.29, 1.82) is 0 Å². The first-order chi connectivity index (χ1) is 10.2. The predicted octanol–water partition coefficient (Wildman–Crippen LogP) is 2.68. The van der Waals surface area contributed by atoms with Crippen molar-refractivity contribution in [2.45, 2.75) is 32.6 Å². The number of rotatable bonds is 4. The zero-order valence-electron chi connectivity index (χ0n) is 12.6. The van der Waals surface area contributed by atoms with Gasteiger partial charge in [-0.15, -0.1) is 0 Å². The maximum Gasteiger partial charge on any atom is 0.253 e. The number of nitrogens with zero attached hydrogens (tertiary/aromatic N) is 1. The smallest absolute Gasteiger partial charge is 0.253 e. The Balaban J connectivity index is 1.96. The van der Waals surface area contributed by atoms with Crippen LogP contribution < -0.4 is 0 Å². The summed E-state index contributed by atoms with van der Waals surface area (Å²) < 4.78 is 0. The molecule has 1 aromatic rings. The minimum Gasteiger partial charge on any atom is -0.395 e. The second-order valence-electron chi connectivity index (χ2n) is 5.55. The van der Waals surface area contributed by atoms with Crippen LogP contribution in [0.3, 0.4) is 0 Å². The molecule has 1 atom stereocenters. The van der Waals surface area contributed by atoms with Gasteiger partial charge in [0.05, 0.1) is 6.61 Å². The Morgan fingerprint density at radius 1 is 1.38 bits per heavy atom. The molecule has 1 N–H and O–H groups in total. The molecule has 0 radical (unpaired) electrons. The van der Waals surface area contributed by atoms with Gasteiger partial charge in [0.15, 0.2) is 0 Å². The largest absolute Gasteiger partial charge is 0.395 e. The molecule has 0 spiro atoms. The number of hydrogen-bond acceptors (Lipinski definition) is 2. The molecule has 0 aromatic heterocycles. The molecular weight excluding hydrogens is 262 g/mol. The molecule has 21 heavy (non-hydrogen) atoms. The van der Waals surface area contributed by atoms with Crippen LogP contribution in [0.4, 0.5) is 0 Å². The number of amides is 1. The molecule has 1 aliphatic rings. The van der Waals surface area contributed by atoms with Crippen LogP contribution in [-0.4, -0.2) is 35.6 Å². The van der Waals surface area contributed by atoms with Crippen LogP contribution in [0.15, 0.2) is 24.3 Å². The quantitative estimate of drug-likeness (QED) is 0.864. The third-order valence-electron chi connectivity index (χ3n) is 3.87. The van der Waals surface area contributed by atoms with Gasteiger partial charge in [0, 0.05) is 30.6 Å². The average molecular weight is 285 g/mol. The molecular formula is C18H23NO2. The number of hydrogen-bond donors (Lipinski definition) is 1. The van der Waals surface area contributed by atoms with Gasteiger partial charge in [0.1, 0.15) is 0 Å². The van der Waals surface area contributed by atoms with Gasteiger partial charge in [0.2, 0.25) is 0 Å². The summed E-state index contributed by atoms with van der Waals surface area (Å²) >= 11 is 0. The minimum absolute atomic E-state index is 0.0808. The number of aliphatic hydroxyl groups excluding tert-OH is 1. The van der Waals surface area contributed by atoms with Gasteiger partial charge >= 0.3 is 0 Å². The van der Waals surface area contributed by atoms with Gasteiger partial charge in [-0.05, 0) is 43.0 Å². The highest BCUT2D eigenvalue weighted by atomic mass is 16.2. The summed E-state index contributed by atoms with van der Waals surface area (Å²) in [6.45, 7) is 4.05. The molecule has 3 heteroatoms. The zero-order valence-corrected chi connectivity index (χ0v) is 12.6. The lowest BCUT2D eigenvalue weighted by Crippen LogP contribution is -2.28. The third-order valence-corrected chi connectivity index (χ3v) is 3.87. The Labute approximate surface area is 127 Å². The fraction of sp³-hybridized carbons (Fsp3) is 0.500. The van der Waals surface area contributed by atoms with Gasteiger partial charge in [-0.2, -0.15) is 0 Å². The fourth-order valence-corrected chi connectivity index (χ4v) is 2.76. The summed E-state index contributed by atoms with van der Waals surface area (Å²) in [6, 6.07) is 7.44. The molecule has 1 fully saturated rings. The SMILES string of the molecule is CCCC1CCN(C(=O)c2ccc(C#CCCO)cc2)C1. The Morgan fingerprint density at radius 2 is 2.14 bits per heavy atom. The van der Waals surface area contributed by atoms with Gasteiger partial charge in [-0.25, -0.2) is 0 Å². The van der Waals surface area contributed by atoms with Crippen molar-refractivity contribution in [3.05, 3.63) is 35.4 Å². The average Bonchev–Trinajstić information content (AvgIpc) is 2.97. The predicted molar refractivity (Wildman–Crippen MR) is 83.9 cm³/mol. The summed E-state index contributed by atoms with van der Waals surface area (Å²) in [5.41, 5.74) is 1.62. The van der Waals surface area contributed by atoms with Crippen molar-refractivity contribution in [3.63, 3.8) is 0 Å². The number of aliphatic hydroxyl groups is 1. The molecule has 3 nitrogen and oxygen atoms in total. The van der Waals surface area contributed by atoms with Crippen LogP contribution in [0.25, 0.3) is 0 Å². The number of likely N-dealkylation sites (tertiary alicyclic amines) is 1. The van der Waals surface area contributed by atoms with E-state index in [1.807, 2.05) is 29.2 Å². The minimum atomic E-state index is 0.0808. The van der Waals surface area contributed by atoms with E-state index in [-0.39, 0.29) is 12.5 Å². The second kappa shape index (κ2) is 7.85. The highest BCUT2D eigenvalue weighted by Gasteiger charge is 2.26. The van der Waals surface area contributed by atoms with Crippen molar-refractivity contribution in [2.24, 2.45) is 5.92 Å². The monoisotopic (exact) mass is 285 g/mol. The van der Waals surface area contributed by atoms with Crippen molar-refractivity contribution in [3.8, 4) is 11.8 Å². The van der Waals surface area contributed by atoms with E-state index in [4.69, 9.17) is 5.11 Å². The molecule has 1 heterocycles. The summed E-state index contributed by atoms with van der Waals surface area (Å²) in [7, 11) is 0. The van der Waals surface area contributed by atoms with E-state index in [0.29, 0.717) is 12.3 Å². The van der Waals surface area contributed by atoms with Gasteiger partial charge in [-0.1, -0.05) is 25.2 Å². The van der Waals surface area contributed by atoms with Crippen LogP contribution in [-0.2, 0) is 0 Å². The van der Waals surface area contributed by atoms with E-state index in [0.717, 1.165) is 30.6 Å². The summed E-state index contributed by atoms with van der Waals surface area (Å²) in [4.78, 5) is 14.4. The summed E-state index contributed by atoms with van der Waals surface area (Å²) in [6.07, 6.45) is 4.01. The van der Waals surface area contributed by atoms with Gasteiger partial charge < -0.3 is 10.0 Å². The van der Waals surface area contributed by atoms with E-state index in [1.54, 1.807) is 0 Å². The lowest BCUT2D eigenvalue weighted by Gasteiger charge is -2.16. The zero-order chi connectivity index (χ0) is 15.1. The van der Waals surface area contributed by atoms with Crippen LogP contribution in [0, 0.1) is 17.8 Å². The molecule has 0 bridgehead atoms. The number of carbonyl (C=O) groups is 1. The molecule has 1 unspecified atom stereocenters. The Morgan fingerprint density at radius 3 is 2.81 bits per heavy atom. The fourth-order valence-electron chi connectivity index (χ4n) is 2.76. The molecule has 112 valence electrons. The normalized spacial score (nSPS) is 17.4. The van der Waals surface area contributed by atoms with Gasteiger partial charge in [-0.3, -0.25) is 4.79 Å². The number of carbonyl (C=O) groups excluding carboxylic acids is 1. The van der Waals surface area contributed by atoms with Crippen molar-refractivity contribution < 1.29 is 9.90 Å². The maximum atomic E-state index is 12.4. The molecule has 1 aromatic carbocycles. The Bertz CT molecular complexity index is 524. The maximum absolute atomic E-state index is 12.4. The van der Waals surface area contributed by atoms with E-state index >= 15 is 0 Å². The molecule has 1 saturated heterocycles. The van der Waals surface area contributed by atoms with E-state index in [1.165, 1.54) is 12.8 Å².